The topological polar surface area (TPSA) is 84.2 Å². The Kier molecular flexibility index (Phi) is 4.95. The third kappa shape index (κ3) is 4.54. The first-order chi connectivity index (χ1) is 12.0. The normalized spacial score (nSPS) is 10.5. The van der Waals surface area contributed by atoms with E-state index < -0.39 is 0 Å². The maximum Gasteiger partial charge on any atom is 0.230 e. The summed E-state index contributed by atoms with van der Waals surface area (Å²) in [5.41, 5.74) is 1.94. The van der Waals surface area contributed by atoms with Gasteiger partial charge in [-0.1, -0.05) is 6.07 Å². The molecule has 2 N–H and O–H groups in total. The van der Waals surface area contributed by atoms with Gasteiger partial charge in [-0.05, 0) is 37.3 Å². The number of carbonyl (C=O) groups is 2. The number of hydrogen-bond acceptors (Lipinski definition) is 5. The number of amides is 2. The molecule has 0 saturated heterocycles. The fourth-order valence-corrected chi connectivity index (χ4v) is 3.08. The van der Waals surface area contributed by atoms with Gasteiger partial charge in [0.15, 0.2) is 10.8 Å². The fourth-order valence-electron chi connectivity index (χ4n) is 2.30. The molecule has 25 heavy (non-hydrogen) atoms. The molecule has 2 aromatic heterocycles. The lowest BCUT2D eigenvalue weighted by Crippen LogP contribution is -2.15. The van der Waals surface area contributed by atoms with Crippen LogP contribution in [0, 0.1) is 6.92 Å². The second kappa shape index (κ2) is 7.31. The average Bonchev–Trinajstić information content (AvgIpc) is 3.15. The van der Waals surface area contributed by atoms with E-state index in [9.17, 15) is 9.59 Å². The summed E-state index contributed by atoms with van der Waals surface area (Å²) >= 11 is 1.44. The maximum absolute atomic E-state index is 12.2. The molecule has 0 saturated carbocycles. The highest BCUT2D eigenvalue weighted by molar-refractivity contribution is 7.13. The monoisotopic (exact) mass is 355 g/mol. The van der Waals surface area contributed by atoms with Crippen LogP contribution in [0.4, 0.5) is 11.4 Å². The predicted molar refractivity (Wildman–Crippen MR) is 97.6 cm³/mol. The average molecular weight is 355 g/mol. The quantitative estimate of drug-likeness (QED) is 0.728. The Hall–Kier alpha value is -2.93. The van der Waals surface area contributed by atoms with Gasteiger partial charge in [0.25, 0.3) is 0 Å². The Morgan fingerprint density at radius 3 is 2.60 bits per heavy atom. The first-order valence-corrected chi connectivity index (χ1v) is 8.56. The van der Waals surface area contributed by atoms with E-state index in [-0.39, 0.29) is 18.2 Å². The number of nitrogens with zero attached hydrogens (tertiary/aromatic N) is 1. The van der Waals surface area contributed by atoms with Gasteiger partial charge < -0.3 is 15.1 Å². The number of rotatable bonds is 5. The van der Waals surface area contributed by atoms with Gasteiger partial charge in [-0.3, -0.25) is 9.59 Å². The zero-order valence-electron chi connectivity index (χ0n) is 13.8. The summed E-state index contributed by atoms with van der Waals surface area (Å²) in [6.45, 7) is 3.31. The smallest absolute Gasteiger partial charge is 0.230 e. The zero-order chi connectivity index (χ0) is 17.8. The van der Waals surface area contributed by atoms with E-state index in [0.717, 1.165) is 10.8 Å². The second-order valence-electron chi connectivity index (χ2n) is 5.54. The van der Waals surface area contributed by atoms with Gasteiger partial charge in [-0.15, -0.1) is 11.3 Å². The van der Waals surface area contributed by atoms with E-state index in [0.29, 0.717) is 22.8 Å². The predicted octanol–water partition coefficient (Wildman–Crippen LogP) is 3.85. The van der Waals surface area contributed by atoms with Crippen molar-refractivity contribution >= 4 is 34.5 Å². The van der Waals surface area contributed by atoms with E-state index in [1.807, 2.05) is 24.4 Å². The zero-order valence-corrected chi connectivity index (χ0v) is 14.6. The summed E-state index contributed by atoms with van der Waals surface area (Å²) in [6.07, 6.45) is 0.167. The molecule has 0 unspecified atom stereocenters. The molecule has 6 nitrogen and oxygen atoms in total. The van der Waals surface area contributed by atoms with Crippen LogP contribution < -0.4 is 10.6 Å². The largest absolute Gasteiger partial charge is 0.459 e. The van der Waals surface area contributed by atoms with Crippen molar-refractivity contribution in [3.8, 4) is 10.8 Å². The van der Waals surface area contributed by atoms with Crippen LogP contribution in [-0.4, -0.2) is 16.8 Å². The molecule has 0 spiro atoms. The van der Waals surface area contributed by atoms with Gasteiger partial charge in [-0.25, -0.2) is 4.98 Å². The second-order valence-corrected chi connectivity index (χ2v) is 6.40. The summed E-state index contributed by atoms with van der Waals surface area (Å²) in [4.78, 5) is 27.7. The van der Waals surface area contributed by atoms with Gasteiger partial charge >= 0.3 is 0 Å². The Balaban J connectivity index is 1.63. The third-order valence-corrected chi connectivity index (χ3v) is 4.22. The Labute approximate surface area is 148 Å². The van der Waals surface area contributed by atoms with Crippen LogP contribution in [0.15, 0.2) is 46.2 Å². The van der Waals surface area contributed by atoms with Gasteiger partial charge in [0.05, 0.1) is 12.1 Å². The lowest BCUT2D eigenvalue weighted by atomic mass is 10.2. The first-order valence-electron chi connectivity index (χ1n) is 7.68. The summed E-state index contributed by atoms with van der Waals surface area (Å²) in [5, 5.41) is 8.09. The number of carbonyl (C=O) groups excluding carboxylic acids is 2. The number of aryl methyl sites for hydroxylation is 1. The van der Waals surface area contributed by atoms with Gasteiger partial charge in [0, 0.05) is 23.7 Å². The molecule has 0 aliphatic rings. The summed E-state index contributed by atoms with van der Waals surface area (Å²) < 4.78 is 5.54. The molecular weight excluding hydrogens is 338 g/mol. The number of anilines is 2. The summed E-state index contributed by atoms with van der Waals surface area (Å²) in [6, 6.07) is 10.7. The lowest BCUT2D eigenvalue weighted by Gasteiger charge is -2.07. The van der Waals surface area contributed by atoms with Gasteiger partial charge in [0.2, 0.25) is 11.8 Å². The van der Waals surface area contributed by atoms with Crippen LogP contribution >= 0.6 is 11.3 Å². The molecular formula is C18H17N3O3S. The van der Waals surface area contributed by atoms with Crippen molar-refractivity contribution in [1.82, 2.24) is 4.98 Å². The van der Waals surface area contributed by atoms with Crippen molar-refractivity contribution in [2.45, 2.75) is 20.3 Å². The lowest BCUT2D eigenvalue weighted by molar-refractivity contribution is -0.116. The van der Waals surface area contributed by atoms with E-state index in [1.165, 1.54) is 18.3 Å². The van der Waals surface area contributed by atoms with Crippen LogP contribution in [0.5, 0.6) is 0 Å². The third-order valence-electron chi connectivity index (χ3n) is 3.31. The molecule has 0 radical (unpaired) electrons. The number of benzene rings is 1. The Morgan fingerprint density at radius 1 is 1.16 bits per heavy atom. The van der Waals surface area contributed by atoms with Crippen molar-refractivity contribution in [3.63, 3.8) is 0 Å². The first kappa shape index (κ1) is 16.9. The van der Waals surface area contributed by atoms with E-state index in [1.54, 1.807) is 24.3 Å². The molecule has 3 aromatic rings. The molecule has 0 atom stereocenters. The molecule has 128 valence electrons. The molecule has 0 bridgehead atoms. The molecule has 2 amide bonds. The number of nitrogens with one attached hydrogen (secondary N) is 2. The molecule has 0 fully saturated rings. The van der Waals surface area contributed by atoms with E-state index >= 15 is 0 Å². The standard InChI is InChI=1S/C18H17N3O3S/c1-11-6-7-16(24-11)18-21-15(10-25-18)9-17(23)20-14-5-3-4-13(8-14)19-12(2)22/h3-8,10H,9H2,1-2H3,(H,19,22)(H,20,23). The Bertz CT molecular complexity index is 914. The minimum absolute atomic E-state index is 0.161. The van der Waals surface area contributed by atoms with Crippen molar-refractivity contribution in [1.29, 1.82) is 0 Å². The van der Waals surface area contributed by atoms with Crippen LogP contribution in [0.3, 0.4) is 0 Å². The number of thiazole rings is 1. The van der Waals surface area contributed by atoms with Crippen molar-refractivity contribution < 1.29 is 14.0 Å². The summed E-state index contributed by atoms with van der Waals surface area (Å²) in [7, 11) is 0. The van der Waals surface area contributed by atoms with Crippen molar-refractivity contribution in [2.75, 3.05) is 10.6 Å². The van der Waals surface area contributed by atoms with E-state index in [4.69, 9.17) is 4.42 Å². The van der Waals surface area contributed by atoms with Gasteiger partial charge in [-0.2, -0.15) is 0 Å². The van der Waals surface area contributed by atoms with Crippen LogP contribution in [-0.2, 0) is 16.0 Å². The van der Waals surface area contributed by atoms with Crippen LogP contribution in [0.25, 0.3) is 10.8 Å². The SMILES string of the molecule is CC(=O)Nc1cccc(NC(=O)Cc2csc(-c3ccc(C)o3)n2)c1. The molecule has 7 heteroatoms. The van der Waals surface area contributed by atoms with Crippen molar-refractivity contribution in [2.24, 2.45) is 0 Å². The highest BCUT2D eigenvalue weighted by atomic mass is 32.1. The summed E-state index contributed by atoms with van der Waals surface area (Å²) in [5.74, 6) is 1.19. The number of furan rings is 1. The number of aromatic nitrogens is 1. The molecule has 0 aliphatic heterocycles. The molecule has 3 rings (SSSR count). The van der Waals surface area contributed by atoms with Crippen LogP contribution in [0.2, 0.25) is 0 Å². The van der Waals surface area contributed by atoms with Crippen molar-refractivity contribution in [3.05, 3.63) is 53.2 Å². The minimum Gasteiger partial charge on any atom is -0.459 e. The maximum atomic E-state index is 12.2. The van der Waals surface area contributed by atoms with Crippen LogP contribution in [0.1, 0.15) is 18.4 Å². The Morgan fingerprint density at radius 2 is 1.92 bits per heavy atom. The highest BCUT2D eigenvalue weighted by Gasteiger charge is 2.11. The highest BCUT2D eigenvalue weighted by Crippen LogP contribution is 2.26. The van der Waals surface area contributed by atoms with Gasteiger partial charge in [0.1, 0.15) is 5.76 Å². The molecule has 2 heterocycles. The minimum atomic E-state index is -0.174. The van der Waals surface area contributed by atoms with E-state index in [2.05, 4.69) is 15.6 Å². The molecule has 0 aliphatic carbocycles. The fraction of sp³-hybridized carbons (Fsp3) is 0.167. The molecule has 1 aromatic carbocycles. The number of hydrogen-bond donors (Lipinski definition) is 2.